The smallest absolute Gasteiger partial charge is 0.338 e. The molecular formula is C17H18ClN3O4. The lowest BCUT2D eigenvalue weighted by atomic mass is 10.0. The molecule has 1 amide bonds. The molecular weight excluding hydrogens is 346 g/mol. The highest BCUT2D eigenvalue weighted by molar-refractivity contribution is 6.30. The van der Waals surface area contributed by atoms with Gasteiger partial charge in [0.05, 0.1) is 30.5 Å². The number of aromatic carboxylic acids is 1. The Morgan fingerprint density at radius 1 is 1.32 bits per heavy atom. The molecule has 2 aromatic rings. The molecule has 1 aromatic carbocycles. The van der Waals surface area contributed by atoms with Crippen molar-refractivity contribution < 1.29 is 19.4 Å². The van der Waals surface area contributed by atoms with Crippen LogP contribution in [0.2, 0.25) is 5.02 Å². The summed E-state index contributed by atoms with van der Waals surface area (Å²) in [7, 11) is 1.51. The molecule has 7 nitrogen and oxygen atoms in total. The van der Waals surface area contributed by atoms with Gasteiger partial charge in [-0.1, -0.05) is 11.6 Å². The lowest BCUT2D eigenvalue weighted by Gasteiger charge is -2.32. The normalized spacial score (nSPS) is 15.2. The average Bonchev–Trinajstić information content (AvgIpc) is 3.11. The molecule has 25 heavy (non-hydrogen) atoms. The van der Waals surface area contributed by atoms with Crippen molar-refractivity contribution in [3.05, 3.63) is 46.7 Å². The molecule has 1 aromatic heterocycles. The number of aromatic nitrogens is 2. The van der Waals surface area contributed by atoms with Crippen molar-refractivity contribution in [1.29, 1.82) is 0 Å². The molecule has 1 aliphatic heterocycles. The van der Waals surface area contributed by atoms with Gasteiger partial charge < -0.3 is 14.7 Å². The minimum atomic E-state index is -0.992. The van der Waals surface area contributed by atoms with Crippen molar-refractivity contribution >= 4 is 23.5 Å². The predicted octanol–water partition coefficient (Wildman–Crippen LogP) is 2.72. The number of amides is 1. The number of carboxylic acid groups (broad SMARTS) is 1. The Morgan fingerprint density at radius 2 is 2.04 bits per heavy atom. The van der Waals surface area contributed by atoms with Crippen LogP contribution in [-0.2, 0) is 0 Å². The standard InChI is InChI=1S/C17H18ClN3O4/c1-25-15-8-12(18)2-3-14(15)16(22)20-6-4-13(5-7-20)21-10-11(9-19-21)17(23)24/h2-3,8-10,13H,4-7H2,1H3,(H,23,24). The number of benzene rings is 1. The van der Waals surface area contributed by atoms with Crippen molar-refractivity contribution in [2.45, 2.75) is 18.9 Å². The van der Waals surface area contributed by atoms with Gasteiger partial charge in [-0.3, -0.25) is 9.48 Å². The fraction of sp³-hybridized carbons (Fsp3) is 0.353. The summed E-state index contributed by atoms with van der Waals surface area (Å²) in [6.45, 7) is 1.13. The molecule has 0 bridgehead atoms. The average molecular weight is 364 g/mol. The van der Waals surface area contributed by atoms with Crippen LogP contribution >= 0.6 is 11.6 Å². The highest BCUT2D eigenvalue weighted by Gasteiger charge is 2.27. The summed E-state index contributed by atoms with van der Waals surface area (Å²) in [6, 6.07) is 5.05. The van der Waals surface area contributed by atoms with Crippen LogP contribution in [0.4, 0.5) is 0 Å². The lowest BCUT2D eigenvalue weighted by Crippen LogP contribution is -2.39. The molecule has 0 radical (unpaired) electrons. The third-order valence-electron chi connectivity index (χ3n) is 4.37. The maximum atomic E-state index is 12.7. The number of carbonyl (C=O) groups is 2. The molecule has 0 aliphatic carbocycles. The fourth-order valence-electron chi connectivity index (χ4n) is 2.99. The van der Waals surface area contributed by atoms with Crippen molar-refractivity contribution in [3.8, 4) is 5.75 Å². The number of ether oxygens (including phenoxy) is 1. The van der Waals surface area contributed by atoms with Gasteiger partial charge in [-0.05, 0) is 31.0 Å². The van der Waals surface area contributed by atoms with Crippen molar-refractivity contribution in [2.24, 2.45) is 0 Å². The summed E-state index contributed by atoms with van der Waals surface area (Å²) in [5.74, 6) is -0.634. The Balaban J connectivity index is 1.67. The second kappa shape index (κ2) is 7.14. The molecule has 0 atom stereocenters. The topological polar surface area (TPSA) is 84.7 Å². The second-order valence-corrected chi connectivity index (χ2v) is 6.32. The summed E-state index contributed by atoms with van der Waals surface area (Å²) in [5, 5.41) is 13.6. The number of hydrogen-bond acceptors (Lipinski definition) is 4. The number of carboxylic acids is 1. The zero-order valence-electron chi connectivity index (χ0n) is 13.7. The van der Waals surface area contributed by atoms with Crippen LogP contribution in [0.3, 0.4) is 0 Å². The van der Waals surface area contributed by atoms with E-state index < -0.39 is 5.97 Å². The number of hydrogen-bond donors (Lipinski definition) is 1. The minimum absolute atomic E-state index is 0.0873. The summed E-state index contributed by atoms with van der Waals surface area (Å²) in [5.41, 5.74) is 0.655. The van der Waals surface area contributed by atoms with Gasteiger partial charge in [-0.15, -0.1) is 0 Å². The van der Waals surface area contributed by atoms with Crippen molar-refractivity contribution in [2.75, 3.05) is 20.2 Å². The van der Waals surface area contributed by atoms with Crippen LogP contribution in [-0.4, -0.2) is 51.9 Å². The zero-order chi connectivity index (χ0) is 18.0. The SMILES string of the molecule is COc1cc(Cl)ccc1C(=O)N1CCC(n2cc(C(=O)O)cn2)CC1. The number of likely N-dealkylation sites (tertiary alicyclic amines) is 1. The predicted molar refractivity (Wildman–Crippen MR) is 91.4 cm³/mol. The van der Waals surface area contributed by atoms with Gasteiger partial charge in [-0.2, -0.15) is 5.10 Å². The molecule has 0 saturated carbocycles. The van der Waals surface area contributed by atoms with Gasteiger partial charge in [0.15, 0.2) is 0 Å². The molecule has 1 aliphatic rings. The number of nitrogens with zero attached hydrogens (tertiary/aromatic N) is 3. The summed E-state index contributed by atoms with van der Waals surface area (Å²) in [4.78, 5) is 25.4. The van der Waals surface area contributed by atoms with Crippen LogP contribution < -0.4 is 4.74 Å². The van der Waals surface area contributed by atoms with E-state index in [1.54, 1.807) is 27.8 Å². The molecule has 1 saturated heterocycles. The molecule has 0 unspecified atom stereocenters. The largest absolute Gasteiger partial charge is 0.496 e. The maximum absolute atomic E-state index is 12.7. The van der Waals surface area contributed by atoms with Crippen LogP contribution in [0.15, 0.2) is 30.6 Å². The molecule has 2 heterocycles. The van der Waals surface area contributed by atoms with E-state index in [4.69, 9.17) is 21.4 Å². The lowest BCUT2D eigenvalue weighted by molar-refractivity contribution is 0.0685. The van der Waals surface area contributed by atoms with E-state index in [0.717, 1.165) is 0 Å². The second-order valence-electron chi connectivity index (χ2n) is 5.88. The van der Waals surface area contributed by atoms with Crippen molar-refractivity contribution in [1.82, 2.24) is 14.7 Å². The number of piperidine rings is 1. The zero-order valence-corrected chi connectivity index (χ0v) is 14.4. The number of halogens is 1. The summed E-state index contributed by atoms with van der Waals surface area (Å²) in [6.07, 6.45) is 4.30. The van der Waals surface area contributed by atoms with E-state index in [0.29, 0.717) is 42.3 Å². The Morgan fingerprint density at radius 3 is 2.64 bits per heavy atom. The molecule has 3 rings (SSSR count). The van der Waals surface area contributed by atoms with Gasteiger partial charge in [-0.25, -0.2) is 4.79 Å². The molecule has 132 valence electrons. The Kier molecular flexibility index (Phi) is 4.94. The Labute approximate surface area is 149 Å². The highest BCUT2D eigenvalue weighted by atomic mass is 35.5. The van der Waals surface area contributed by atoms with Crippen LogP contribution in [0.1, 0.15) is 39.6 Å². The van der Waals surface area contributed by atoms with Crippen LogP contribution in [0.25, 0.3) is 0 Å². The fourth-order valence-corrected chi connectivity index (χ4v) is 3.16. The van der Waals surface area contributed by atoms with E-state index >= 15 is 0 Å². The Bertz CT molecular complexity index is 797. The van der Waals surface area contributed by atoms with Crippen LogP contribution in [0, 0.1) is 0 Å². The minimum Gasteiger partial charge on any atom is -0.496 e. The highest BCUT2D eigenvalue weighted by Crippen LogP contribution is 2.28. The first-order valence-electron chi connectivity index (χ1n) is 7.90. The quantitative estimate of drug-likeness (QED) is 0.902. The third-order valence-corrected chi connectivity index (χ3v) is 4.60. The summed E-state index contributed by atoms with van der Waals surface area (Å²) < 4.78 is 6.93. The molecule has 1 fully saturated rings. The molecule has 0 spiro atoms. The van der Waals surface area contributed by atoms with Crippen LogP contribution in [0.5, 0.6) is 5.75 Å². The number of methoxy groups -OCH3 is 1. The van der Waals surface area contributed by atoms with Gasteiger partial charge in [0.25, 0.3) is 5.91 Å². The maximum Gasteiger partial charge on any atom is 0.338 e. The molecule has 1 N–H and O–H groups in total. The monoisotopic (exact) mass is 363 g/mol. The van der Waals surface area contributed by atoms with Crippen molar-refractivity contribution in [3.63, 3.8) is 0 Å². The molecule has 8 heteroatoms. The third kappa shape index (κ3) is 3.61. The first kappa shape index (κ1) is 17.3. The van der Waals surface area contributed by atoms with Gasteiger partial charge in [0, 0.05) is 24.3 Å². The number of carbonyl (C=O) groups excluding carboxylic acids is 1. The number of rotatable bonds is 4. The Hall–Kier alpha value is -2.54. The van der Waals surface area contributed by atoms with Gasteiger partial charge in [0.1, 0.15) is 5.75 Å². The van der Waals surface area contributed by atoms with E-state index in [1.807, 2.05) is 0 Å². The first-order valence-corrected chi connectivity index (χ1v) is 8.27. The summed E-state index contributed by atoms with van der Waals surface area (Å²) >= 11 is 5.94. The van der Waals surface area contributed by atoms with E-state index in [1.165, 1.54) is 19.5 Å². The van der Waals surface area contributed by atoms with Gasteiger partial charge in [0.2, 0.25) is 0 Å². The van der Waals surface area contributed by atoms with E-state index in [-0.39, 0.29) is 17.5 Å². The van der Waals surface area contributed by atoms with E-state index in [2.05, 4.69) is 5.10 Å². The van der Waals surface area contributed by atoms with Gasteiger partial charge >= 0.3 is 5.97 Å². The first-order chi connectivity index (χ1) is 12.0. The van der Waals surface area contributed by atoms with E-state index in [9.17, 15) is 9.59 Å².